The maximum Gasteiger partial charge on any atom is 0.128 e. The van der Waals surface area contributed by atoms with Crippen LogP contribution in [0, 0.1) is 17.7 Å². The first-order chi connectivity index (χ1) is 9.78. The van der Waals surface area contributed by atoms with Crippen molar-refractivity contribution in [1.29, 1.82) is 0 Å². The number of hydrogen-bond donors (Lipinski definition) is 1. The average Bonchev–Trinajstić information content (AvgIpc) is 2.46. The van der Waals surface area contributed by atoms with Gasteiger partial charge in [0.05, 0.1) is 6.61 Å². The van der Waals surface area contributed by atoms with Crippen molar-refractivity contribution in [2.24, 2.45) is 0 Å². The van der Waals surface area contributed by atoms with Crippen LogP contribution in [0.4, 0.5) is 4.39 Å². The number of ether oxygens (including phenoxy) is 1. The lowest BCUT2D eigenvalue weighted by atomic mass is 10.2. The topological polar surface area (TPSA) is 29.5 Å². The summed E-state index contributed by atoms with van der Waals surface area (Å²) in [6.07, 6.45) is 0.759. The predicted octanol–water partition coefficient (Wildman–Crippen LogP) is 2.79. The highest BCUT2D eigenvalue weighted by atomic mass is 19.1. The van der Waals surface area contributed by atoms with Crippen molar-refractivity contribution < 1.29 is 14.2 Å². The van der Waals surface area contributed by atoms with Gasteiger partial charge in [-0.05, 0) is 17.7 Å². The van der Waals surface area contributed by atoms with Gasteiger partial charge in [0.25, 0.3) is 0 Å². The van der Waals surface area contributed by atoms with Crippen LogP contribution in [0.2, 0.25) is 0 Å². The van der Waals surface area contributed by atoms with Gasteiger partial charge in [-0.3, -0.25) is 0 Å². The molecule has 0 atom stereocenters. The van der Waals surface area contributed by atoms with E-state index in [-0.39, 0.29) is 6.61 Å². The molecule has 0 spiro atoms. The molecule has 0 aliphatic carbocycles. The van der Waals surface area contributed by atoms with Crippen LogP contribution >= 0.6 is 0 Å². The summed E-state index contributed by atoms with van der Waals surface area (Å²) < 4.78 is 18.9. The molecule has 0 aliphatic rings. The van der Waals surface area contributed by atoms with E-state index in [9.17, 15) is 4.39 Å². The van der Waals surface area contributed by atoms with Gasteiger partial charge in [-0.1, -0.05) is 42.2 Å². The molecular weight excluding hydrogens is 255 g/mol. The molecule has 102 valence electrons. The van der Waals surface area contributed by atoms with E-state index in [4.69, 9.17) is 9.84 Å². The van der Waals surface area contributed by atoms with Gasteiger partial charge in [0.15, 0.2) is 0 Å². The van der Waals surface area contributed by atoms with Crippen LogP contribution in [0.25, 0.3) is 0 Å². The second kappa shape index (κ2) is 7.32. The van der Waals surface area contributed by atoms with Crippen LogP contribution in [0.1, 0.15) is 11.1 Å². The Labute approximate surface area is 117 Å². The van der Waals surface area contributed by atoms with Crippen LogP contribution in [0.3, 0.4) is 0 Å². The van der Waals surface area contributed by atoms with Gasteiger partial charge in [0.2, 0.25) is 0 Å². The third-order valence-corrected chi connectivity index (χ3v) is 2.69. The van der Waals surface area contributed by atoms with Crippen LogP contribution in [0.15, 0.2) is 48.5 Å². The molecule has 0 saturated carbocycles. The Hall–Kier alpha value is -2.31. The number of benzene rings is 2. The smallest absolute Gasteiger partial charge is 0.128 e. The number of aliphatic hydroxyl groups is 1. The summed E-state index contributed by atoms with van der Waals surface area (Å²) in [6.45, 7) is 0.223. The summed E-state index contributed by atoms with van der Waals surface area (Å²) >= 11 is 0. The molecular formula is C17H15FO2. The summed E-state index contributed by atoms with van der Waals surface area (Å²) in [5.74, 6) is 5.20. The Bertz CT molecular complexity index is 612. The van der Waals surface area contributed by atoms with E-state index in [1.165, 1.54) is 17.7 Å². The fourth-order valence-electron chi connectivity index (χ4n) is 1.79. The minimum atomic E-state index is -0.399. The lowest BCUT2D eigenvalue weighted by molar-refractivity contribution is 0.320. The van der Waals surface area contributed by atoms with Crippen molar-refractivity contribution in [2.45, 2.75) is 6.42 Å². The molecule has 3 heteroatoms. The molecule has 0 aliphatic heterocycles. The van der Waals surface area contributed by atoms with E-state index in [1.54, 1.807) is 6.07 Å². The van der Waals surface area contributed by atoms with Gasteiger partial charge in [0, 0.05) is 18.1 Å². The van der Waals surface area contributed by atoms with Crippen molar-refractivity contribution in [3.63, 3.8) is 0 Å². The number of aliphatic hydroxyl groups excluding tert-OH is 1. The highest BCUT2D eigenvalue weighted by Crippen LogP contribution is 2.16. The van der Waals surface area contributed by atoms with Gasteiger partial charge < -0.3 is 9.84 Å². The molecule has 0 saturated heterocycles. The Morgan fingerprint density at radius 3 is 2.65 bits per heavy atom. The fraction of sp³-hybridized carbons (Fsp3) is 0.176. The highest BCUT2D eigenvalue weighted by molar-refractivity contribution is 5.40. The van der Waals surface area contributed by atoms with Crippen LogP contribution in [-0.4, -0.2) is 18.3 Å². The highest BCUT2D eigenvalue weighted by Gasteiger charge is 2.01. The molecule has 1 N–H and O–H groups in total. The maximum atomic E-state index is 13.4. The first-order valence-corrected chi connectivity index (χ1v) is 6.35. The zero-order valence-electron chi connectivity index (χ0n) is 11.0. The van der Waals surface area contributed by atoms with Crippen molar-refractivity contribution in [1.82, 2.24) is 0 Å². The summed E-state index contributed by atoms with van der Waals surface area (Å²) in [5, 5.41) is 8.64. The Morgan fingerprint density at radius 1 is 1.10 bits per heavy atom. The molecule has 2 aromatic carbocycles. The van der Waals surface area contributed by atoms with Crippen LogP contribution < -0.4 is 4.74 Å². The third kappa shape index (κ3) is 4.42. The molecule has 2 nitrogen and oxygen atoms in total. The molecule has 0 bridgehead atoms. The Balaban J connectivity index is 1.97. The summed E-state index contributed by atoms with van der Waals surface area (Å²) in [4.78, 5) is 0. The fourth-order valence-corrected chi connectivity index (χ4v) is 1.79. The molecule has 0 amide bonds. The maximum absolute atomic E-state index is 13.4. The van der Waals surface area contributed by atoms with Crippen molar-refractivity contribution >= 4 is 0 Å². The van der Waals surface area contributed by atoms with E-state index in [1.807, 2.05) is 30.3 Å². The number of rotatable bonds is 4. The Morgan fingerprint density at radius 2 is 1.90 bits per heavy atom. The lowest BCUT2D eigenvalue weighted by Crippen LogP contribution is -2.01. The molecule has 0 radical (unpaired) electrons. The molecule has 0 heterocycles. The van der Waals surface area contributed by atoms with E-state index in [0.29, 0.717) is 17.9 Å². The first-order valence-electron chi connectivity index (χ1n) is 6.35. The average molecular weight is 270 g/mol. The van der Waals surface area contributed by atoms with E-state index in [0.717, 1.165) is 6.42 Å². The second-order valence-corrected chi connectivity index (χ2v) is 4.22. The Kier molecular flexibility index (Phi) is 5.16. The van der Waals surface area contributed by atoms with E-state index < -0.39 is 5.82 Å². The molecule has 2 rings (SSSR count). The standard InChI is InChI=1S/C17H15FO2/c18-16-11-15(7-4-9-19)12-17(13-16)20-10-8-14-5-2-1-3-6-14/h1-3,5-6,11-13,19H,8-10H2. The zero-order valence-corrected chi connectivity index (χ0v) is 11.0. The van der Waals surface area contributed by atoms with E-state index >= 15 is 0 Å². The van der Waals surface area contributed by atoms with Crippen molar-refractivity contribution in [3.05, 3.63) is 65.5 Å². The predicted molar refractivity (Wildman–Crippen MR) is 76.0 cm³/mol. The largest absolute Gasteiger partial charge is 0.493 e. The monoisotopic (exact) mass is 270 g/mol. The van der Waals surface area contributed by atoms with Crippen LogP contribution in [0.5, 0.6) is 5.75 Å². The minimum absolute atomic E-state index is 0.249. The molecule has 0 unspecified atom stereocenters. The molecule has 20 heavy (non-hydrogen) atoms. The molecule has 0 fully saturated rings. The second-order valence-electron chi connectivity index (χ2n) is 4.22. The molecule has 2 aromatic rings. The van der Waals surface area contributed by atoms with Gasteiger partial charge in [-0.15, -0.1) is 0 Å². The SMILES string of the molecule is OCC#Cc1cc(F)cc(OCCc2ccccc2)c1. The summed E-state index contributed by atoms with van der Waals surface area (Å²) in [7, 11) is 0. The summed E-state index contributed by atoms with van der Waals surface area (Å²) in [5.41, 5.74) is 1.66. The van der Waals surface area contributed by atoms with Gasteiger partial charge >= 0.3 is 0 Å². The lowest BCUT2D eigenvalue weighted by Gasteiger charge is -2.07. The number of hydrogen-bond acceptors (Lipinski definition) is 2. The quantitative estimate of drug-likeness (QED) is 0.866. The van der Waals surface area contributed by atoms with Crippen molar-refractivity contribution in [2.75, 3.05) is 13.2 Å². The normalized spacial score (nSPS) is 9.70. The van der Waals surface area contributed by atoms with E-state index in [2.05, 4.69) is 11.8 Å². The third-order valence-electron chi connectivity index (χ3n) is 2.69. The molecule has 0 aromatic heterocycles. The van der Waals surface area contributed by atoms with Crippen LogP contribution in [-0.2, 0) is 6.42 Å². The summed E-state index contributed by atoms with van der Waals surface area (Å²) in [6, 6.07) is 14.3. The van der Waals surface area contributed by atoms with Gasteiger partial charge in [-0.25, -0.2) is 4.39 Å². The minimum Gasteiger partial charge on any atom is -0.493 e. The zero-order chi connectivity index (χ0) is 14.2. The van der Waals surface area contributed by atoms with Crippen molar-refractivity contribution in [3.8, 4) is 17.6 Å². The first kappa shape index (κ1) is 14.1. The number of halogens is 1. The van der Waals surface area contributed by atoms with Gasteiger partial charge in [0.1, 0.15) is 18.2 Å². The van der Waals surface area contributed by atoms with Gasteiger partial charge in [-0.2, -0.15) is 0 Å².